The van der Waals surface area contributed by atoms with Crippen LogP contribution in [-0.4, -0.2) is 11.9 Å². The number of ketones is 1. The van der Waals surface area contributed by atoms with E-state index < -0.39 is 0 Å². The van der Waals surface area contributed by atoms with E-state index in [-0.39, 0.29) is 11.9 Å². The van der Waals surface area contributed by atoms with E-state index in [1.54, 1.807) is 6.92 Å². The van der Waals surface area contributed by atoms with Crippen LogP contribution in [0.3, 0.4) is 0 Å². The third-order valence-electron chi connectivity index (χ3n) is 2.99. The number of rotatable bonds is 7. The predicted molar refractivity (Wildman–Crippen MR) is 75.2 cm³/mol. The van der Waals surface area contributed by atoms with Crippen LogP contribution in [0, 0.1) is 5.92 Å². The Labute approximate surface area is 110 Å². The Morgan fingerprint density at radius 1 is 1.11 bits per heavy atom. The second-order valence-electron chi connectivity index (χ2n) is 5.33. The maximum Gasteiger partial charge on any atom is 0.159 e. The molecular weight excluding hydrogens is 224 g/mol. The van der Waals surface area contributed by atoms with Crippen LogP contribution in [0.5, 0.6) is 5.75 Å². The summed E-state index contributed by atoms with van der Waals surface area (Å²) in [5.41, 5.74) is 0.731. The zero-order valence-electron chi connectivity index (χ0n) is 11.9. The minimum absolute atomic E-state index is 0.0894. The van der Waals surface area contributed by atoms with Crippen molar-refractivity contribution < 1.29 is 9.53 Å². The van der Waals surface area contributed by atoms with Crippen molar-refractivity contribution in [3.63, 3.8) is 0 Å². The summed E-state index contributed by atoms with van der Waals surface area (Å²) < 4.78 is 5.82. The molecule has 0 bridgehead atoms. The molecule has 2 heteroatoms. The lowest BCUT2D eigenvalue weighted by atomic mass is 10.0. The van der Waals surface area contributed by atoms with Crippen LogP contribution in [0.25, 0.3) is 0 Å². The maximum absolute atomic E-state index is 11.1. The normalized spacial score (nSPS) is 12.5. The van der Waals surface area contributed by atoms with Crippen LogP contribution >= 0.6 is 0 Å². The summed E-state index contributed by atoms with van der Waals surface area (Å²) in [7, 11) is 0. The SMILES string of the molecule is CC(=O)c1ccc(OC(C)CCCC(C)C)cc1. The molecule has 0 aliphatic rings. The largest absolute Gasteiger partial charge is 0.491 e. The molecule has 0 N–H and O–H groups in total. The van der Waals surface area contributed by atoms with Gasteiger partial charge in [-0.05, 0) is 56.9 Å². The lowest BCUT2D eigenvalue weighted by molar-refractivity contribution is 0.101. The van der Waals surface area contributed by atoms with Gasteiger partial charge < -0.3 is 4.74 Å². The van der Waals surface area contributed by atoms with Crippen LogP contribution in [0.15, 0.2) is 24.3 Å². The number of carbonyl (C=O) groups is 1. The van der Waals surface area contributed by atoms with Gasteiger partial charge >= 0.3 is 0 Å². The topological polar surface area (TPSA) is 26.3 Å². The Bertz CT molecular complexity index is 365. The lowest BCUT2D eigenvalue weighted by Gasteiger charge is -2.15. The average molecular weight is 248 g/mol. The molecule has 1 aromatic carbocycles. The Morgan fingerprint density at radius 3 is 2.22 bits per heavy atom. The Hall–Kier alpha value is -1.31. The van der Waals surface area contributed by atoms with Crippen molar-refractivity contribution in [1.29, 1.82) is 0 Å². The van der Waals surface area contributed by atoms with Gasteiger partial charge in [-0.3, -0.25) is 4.79 Å². The molecule has 100 valence electrons. The van der Waals surface area contributed by atoms with Gasteiger partial charge in [0.15, 0.2) is 5.78 Å². The van der Waals surface area contributed by atoms with Crippen molar-refractivity contribution in [3.8, 4) is 5.75 Å². The number of benzene rings is 1. The Kier molecular flexibility index (Phi) is 5.90. The Balaban J connectivity index is 2.39. The van der Waals surface area contributed by atoms with Crippen molar-refractivity contribution in [2.75, 3.05) is 0 Å². The Morgan fingerprint density at radius 2 is 1.72 bits per heavy atom. The van der Waals surface area contributed by atoms with Gasteiger partial charge in [0.25, 0.3) is 0 Å². The smallest absolute Gasteiger partial charge is 0.159 e. The third-order valence-corrected chi connectivity index (χ3v) is 2.99. The molecule has 0 spiro atoms. The van der Waals surface area contributed by atoms with Gasteiger partial charge in [0.1, 0.15) is 5.75 Å². The minimum atomic E-state index is 0.0894. The molecule has 0 saturated carbocycles. The lowest BCUT2D eigenvalue weighted by Crippen LogP contribution is -2.12. The van der Waals surface area contributed by atoms with Crippen LogP contribution in [0.4, 0.5) is 0 Å². The summed E-state index contributed by atoms with van der Waals surface area (Å²) in [6.45, 7) is 8.15. The van der Waals surface area contributed by atoms with Crippen molar-refractivity contribution in [3.05, 3.63) is 29.8 Å². The number of Topliss-reactive ketones (excluding diaryl/α,β-unsaturated/α-hetero) is 1. The molecule has 0 fully saturated rings. The first-order chi connectivity index (χ1) is 8.49. The van der Waals surface area contributed by atoms with Gasteiger partial charge in [-0.25, -0.2) is 0 Å². The van der Waals surface area contributed by atoms with Crippen LogP contribution < -0.4 is 4.74 Å². The number of carbonyl (C=O) groups excluding carboxylic acids is 1. The molecule has 1 unspecified atom stereocenters. The van der Waals surface area contributed by atoms with Crippen LogP contribution in [-0.2, 0) is 0 Å². The first-order valence-corrected chi connectivity index (χ1v) is 6.76. The summed E-state index contributed by atoms with van der Waals surface area (Å²) in [4.78, 5) is 11.1. The number of ether oxygens (including phenoxy) is 1. The first kappa shape index (κ1) is 14.7. The van der Waals surface area contributed by atoms with Crippen molar-refractivity contribution in [1.82, 2.24) is 0 Å². The van der Waals surface area contributed by atoms with Crippen molar-refractivity contribution in [2.45, 2.75) is 53.1 Å². The first-order valence-electron chi connectivity index (χ1n) is 6.76. The quantitative estimate of drug-likeness (QED) is 0.665. The van der Waals surface area contributed by atoms with E-state index in [2.05, 4.69) is 20.8 Å². The molecule has 0 heterocycles. The van der Waals surface area contributed by atoms with Crippen molar-refractivity contribution >= 4 is 5.78 Å². The maximum atomic E-state index is 11.1. The highest BCUT2D eigenvalue weighted by Crippen LogP contribution is 2.17. The van der Waals surface area contributed by atoms with Gasteiger partial charge in [0.2, 0.25) is 0 Å². The molecule has 0 saturated heterocycles. The predicted octanol–water partition coefficient (Wildman–Crippen LogP) is 4.48. The van der Waals surface area contributed by atoms with Gasteiger partial charge in [-0.15, -0.1) is 0 Å². The van der Waals surface area contributed by atoms with E-state index >= 15 is 0 Å². The molecule has 1 aromatic rings. The van der Waals surface area contributed by atoms with Crippen LogP contribution in [0.2, 0.25) is 0 Å². The number of hydrogen-bond donors (Lipinski definition) is 0. The zero-order chi connectivity index (χ0) is 13.5. The van der Waals surface area contributed by atoms with Gasteiger partial charge in [0.05, 0.1) is 6.10 Å². The molecule has 0 amide bonds. The molecule has 0 aromatic heterocycles. The third kappa shape index (κ3) is 5.35. The second-order valence-corrected chi connectivity index (χ2v) is 5.33. The highest BCUT2D eigenvalue weighted by molar-refractivity contribution is 5.94. The summed E-state index contributed by atoms with van der Waals surface area (Å²) in [6.07, 6.45) is 3.75. The number of hydrogen-bond acceptors (Lipinski definition) is 2. The monoisotopic (exact) mass is 248 g/mol. The molecule has 2 nitrogen and oxygen atoms in total. The van der Waals surface area contributed by atoms with Gasteiger partial charge in [0, 0.05) is 5.56 Å². The van der Waals surface area contributed by atoms with Crippen molar-refractivity contribution in [2.24, 2.45) is 5.92 Å². The molecule has 0 radical (unpaired) electrons. The molecule has 0 aliphatic heterocycles. The highest BCUT2D eigenvalue weighted by Gasteiger charge is 2.05. The minimum Gasteiger partial charge on any atom is -0.491 e. The fourth-order valence-corrected chi connectivity index (χ4v) is 1.87. The molecule has 18 heavy (non-hydrogen) atoms. The van der Waals surface area contributed by atoms with E-state index in [0.29, 0.717) is 0 Å². The standard InChI is InChI=1S/C16H24O2/c1-12(2)6-5-7-13(3)18-16-10-8-15(9-11-16)14(4)17/h8-13H,5-7H2,1-4H3. The summed E-state index contributed by atoms with van der Waals surface area (Å²) in [5.74, 6) is 1.69. The second kappa shape index (κ2) is 7.20. The molecule has 1 rings (SSSR count). The van der Waals surface area contributed by atoms with Gasteiger partial charge in [-0.1, -0.05) is 20.3 Å². The summed E-state index contributed by atoms with van der Waals surface area (Å²) >= 11 is 0. The highest BCUT2D eigenvalue weighted by atomic mass is 16.5. The summed E-state index contributed by atoms with van der Waals surface area (Å²) in [6, 6.07) is 7.38. The van der Waals surface area contributed by atoms with E-state index in [0.717, 1.165) is 23.7 Å². The fraction of sp³-hybridized carbons (Fsp3) is 0.562. The van der Waals surface area contributed by atoms with Gasteiger partial charge in [-0.2, -0.15) is 0 Å². The molecule has 0 aliphatic carbocycles. The fourth-order valence-electron chi connectivity index (χ4n) is 1.87. The average Bonchev–Trinajstić information content (AvgIpc) is 2.29. The van der Waals surface area contributed by atoms with E-state index in [9.17, 15) is 4.79 Å². The zero-order valence-corrected chi connectivity index (χ0v) is 11.9. The van der Waals surface area contributed by atoms with E-state index in [4.69, 9.17) is 4.74 Å². The summed E-state index contributed by atoms with van der Waals surface area (Å²) in [5, 5.41) is 0. The molecule has 1 atom stereocenters. The van der Waals surface area contributed by atoms with Crippen LogP contribution in [0.1, 0.15) is 57.3 Å². The van der Waals surface area contributed by atoms with E-state index in [1.807, 2.05) is 24.3 Å². The van der Waals surface area contributed by atoms with E-state index in [1.165, 1.54) is 12.8 Å². The molecular formula is C16H24O2.